The predicted molar refractivity (Wildman–Crippen MR) is 27.8 cm³/mol. The number of amides is 1. The van der Waals surface area contributed by atoms with Crippen LogP contribution < -0.4 is 11.5 Å². The molecule has 0 heterocycles. The largest absolute Gasteiger partial charge is 0.401 e. The summed E-state index contributed by atoms with van der Waals surface area (Å²) < 4.78 is 34.8. The summed E-state index contributed by atoms with van der Waals surface area (Å²) in [5.74, 6) is -3.65. The molecule has 0 saturated carbocycles. The molecule has 60 valence electrons. The Balaban J connectivity index is 4.22. The molecule has 0 spiro atoms. The molecule has 0 aliphatic rings. The summed E-state index contributed by atoms with van der Waals surface area (Å²) in [4.78, 5) is 10.00. The maximum absolute atomic E-state index is 11.6. The molecule has 0 bridgehead atoms. The van der Waals surface area contributed by atoms with E-state index in [4.69, 9.17) is 0 Å². The molecule has 0 aromatic rings. The van der Waals surface area contributed by atoms with Crippen molar-refractivity contribution >= 4 is 5.91 Å². The number of alkyl halides is 3. The summed E-state index contributed by atoms with van der Waals surface area (Å²) in [6.07, 6.45) is -4.61. The van der Waals surface area contributed by atoms with Crippen molar-refractivity contribution in [2.75, 3.05) is 6.54 Å². The standard InChI is InChI=1S/C4H7F3N2O/c5-4(6,7)2(1-8)3(9)10/h2H,1,8H2,(H2,9,10). The first-order valence-corrected chi connectivity index (χ1v) is 2.45. The zero-order valence-electron chi connectivity index (χ0n) is 4.98. The third kappa shape index (κ3) is 2.22. The van der Waals surface area contributed by atoms with E-state index in [9.17, 15) is 18.0 Å². The summed E-state index contributed by atoms with van der Waals surface area (Å²) >= 11 is 0. The molecule has 6 heteroatoms. The summed E-state index contributed by atoms with van der Waals surface area (Å²) in [5.41, 5.74) is 9.03. The lowest BCUT2D eigenvalue weighted by molar-refractivity contribution is -0.178. The van der Waals surface area contributed by atoms with Gasteiger partial charge in [0.15, 0.2) is 0 Å². The van der Waals surface area contributed by atoms with E-state index < -0.39 is 24.5 Å². The highest BCUT2D eigenvalue weighted by Crippen LogP contribution is 2.24. The van der Waals surface area contributed by atoms with E-state index in [1.54, 1.807) is 0 Å². The van der Waals surface area contributed by atoms with Gasteiger partial charge in [-0.15, -0.1) is 0 Å². The van der Waals surface area contributed by atoms with Crippen LogP contribution in [-0.4, -0.2) is 18.6 Å². The third-order valence-corrected chi connectivity index (χ3v) is 0.974. The maximum Gasteiger partial charge on any atom is 0.401 e. The van der Waals surface area contributed by atoms with Crippen molar-refractivity contribution in [2.24, 2.45) is 17.4 Å². The van der Waals surface area contributed by atoms with Crippen molar-refractivity contribution in [1.29, 1.82) is 0 Å². The minimum atomic E-state index is -4.61. The van der Waals surface area contributed by atoms with Crippen molar-refractivity contribution < 1.29 is 18.0 Å². The van der Waals surface area contributed by atoms with Crippen LogP contribution in [0.3, 0.4) is 0 Å². The normalized spacial score (nSPS) is 14.8. The lowest BCUT2D eigenvalue weighted by Gasteiger charge is -2.13. The SMILES string of the molecule is NCC(C(N)=O)C(F)(F)F. The van der Waals surface area contributed by atoms with Crippen molar-refractivity contribution in [3.63, 3.8) is 0 Å². The van der Waals surface area contributed by atoms with Gasteiger partial charge in [-0.1, -0.05) is 0 Å². The number of nitrogens with two attached hydrogens (primary N) is 2. The third-order valence-electron chi connectivity index (χ3n) is 0.974. The van der Waals surface area contributed by atoms with Gasteiger partial charge < -0.3 is 11.5 Å². The summed E-state index contributed by atoms with van der Waals surface area (Å²) in [7, 11) is 0. The predicted octanol–water partition coefficient (Wildman–Crippen LogP) is -0.391. The second-order valence-electron chi connectivity index (χ2n) is 1.73. The van der Waals surface area contributed by atoms with Gasteiger partial charge in [0, 0.05) is 6.54 Å². The van der Waals surface area contributed by atoms with Crippen molar-refractivity contribution in [2.45, 2.75) is 6.18 Å². The lowest BCUT2D eigenvalue weighted by atomic mass is 10.1. The zero-order chi connectivity index (χ0) is 8.36. The number of primary amides is 1. The smallest absolute Gasteiger partial charge is 0.369 e. The molecule has 0 fully saturated rings. The Bertz CT molecular complexity index is 133. The maximum atomic E-state index is 11.6. The fourth-order valence-electron chi connectivity index (χ4n) is 0.411. The van der Waals surface area contributed by atoms with Crippen LogP contribution in [0.5, 0.6) is 0 Å². The number of halogens is 3. The Hall–Kier alpha value is -0.780. The molecular weight excluding hydrogens is 149 g/mol. The molecule has 4 N–H and O–H groups in total. The molecule has 1 amide bonds. The van der Waals surface area contributed by atoms with Gasteiger partial charge in [0.2, 0.25) is 5.91 Å². The second kappa shape index (κ2) is 2.87. The van der Waals surface area contributed by atoms with Gasteiger partial charge in [-0.3, -0.25) is 4.79 Å². The van der Waals surface area contributed by atoms with E-state index >= 15 is 0 Å². The van der Waals surface area contributed by atoms with Crippen LogP contribution in [0.1, 0.15) is 0 Å². The highest BCUT2D eigenvalue weighted by molar-refractivity contribution is 5.77. The molecule has 0 aromatic heterocycles. The summed E-state index contributed by atoms with van der Waals surface area (Å²) in [5, 5.41) is 0. The molecule has 1 unspecified atom stereocenters. The Kier molecular flexibility index (Phi) is 2.65. The zero-order valence-corrected chi connectivity index (χ0v) is 4.98. The van der Waals surface area contributed by atoms with Crippen LogP contribution in [0.25, 0.3) is 0 Å². The Morgan fingerprint density at radius 2 is 1.90 bits per heavy atom. The first-order chi connectivity index (χ1) is 4.39. The molecule has 1 atom stereocenters. The van der Waals surface area contributed by atoms with E-state index in [0.29, 0.717) is 0 Å². The number of hydrogen-bond acceptors (Lipinski definition) is 2. The average Bonchev–Trinajstić information content (AvgIpc) is 1.60. The van der Waals surface area contributed by atoms with E-state index in [0.717, 1.165) is 0 Å². The molecule has 0 aliphatic heterocycles. The molecule has 0 aliphatic carbocycles. The molecule has 3 nitrogen and oxygen atoms in total. The average molecular weight is 156 g/mol. The van der Waals surface area contributed by atoms with Crippen molar-refractivity contribution in [3.8, 4) is 0 Å². The van der Waals surface area contributed by atoms with Gasteiger partial charge >= 0.3 is 6.18 Å². The first kappa shape index (κ1) is 9.22. The van der Waals surface area contributed by atoms with Gasteiger partial charge in [-0.2, -0.15) is 13.2 Å². The number of carbonyl (C=O) groups is 1. The molecule has 0 radical (unpaired) electrons. The summed E-state index contributed by atoms with van der Waals surface area (Å²) in [6, 6.07) is 0. The minimum Gasteiger partial charge on any atom is -0.369 e. The van der Waals surface area contributed by atoms with Gasteiger partial charge in [-0.25, -0.2) is 0 Å². The fourth-order valence-corrected chi connectivity index (χ4v) is 0.411. The number of rotatable bonds is 2. The monoisotopic (exact) mass is 156 g/mol. The minimum absolute atomic E-state index is 0.793. The Morgan fingerprint density at radius 1 is 1.50 bits per heavy atom. The summed E-state index contributed by atoms with van der Waals surface area (Å²) in [6.45, 7) is -0.793. The van der Waals surface area contributed by atoms with E-state index in [-0.39, 0.29) is 0 Å². The van der Waals surface area contributed by atoms with E-state index in [1.165, 1.54) is 0 Å². The highest BCUT2D eigenvalue weighted by atomic mass is 19.4. The van der Waals surface area contributed by atoms with Gasteiger partial charge in [-0.05, 0) is 0 Å². The van der Waals surface area contributed by atoms with Crippen LogP contribution >= 0.6 is 0 Å². The van der Waals surface area contributed by atoms with Crippen LogP contribution in [0.15, 0.2) is 0 Å². The van der Waals surface area contributed by atoms with Gasteiger partial charge in [0.1, 0.15) is 5.92 Å². The van der Waals surface area contributed by atoms with Crippen LogP contribution in [-0.2, 0) is 4.79 Å². The van der Waals surface area contributed by atoms with Crippen molar-refractivity contribution in [3.05, 3.63) is 0 Å². The Morgan fingerprint density at radius 3 is 1.90 bits per heavy atom. The molecule has 0 saturated heterocycles. The Labute approximate surface area is 55.2 Å². The number of hydrogen-bond donors (Lipinski definition) is 2. The molecule has 0 aromatic carbocycles. The van der Waals surface area contributed by atoms with Crippen LogP contribution in [0, 0.1) is 5.92 Å². The van der Waals surface area contributed by atoms with Crippen LogP contribution in [0.2, 0.25) is 0 Å². The fraction of sp³-hybridized carbons (Fsp3) is 0.750. The molecular formula is C4H7F3N2O. The quantitative estimate of drug-likeness (QED) is 0.571. The topological polar surface area (TPSA) is 69.1 Å². The highest BCUT2D eigenvalue weighted by Gasteiger charge is 2.42. The lowest BCUT2D eigenvalue weighted by Crippen LogP contribution is -2.40. The first-order valence-electron chi connectivity index (χ1n) is 2.45. The van der Waals surface area contributed by atoms with Crippen molar-refractivity contribution in [1.82, 2.24) is 0 Å². The molecule has 10 heavy (non-hydrogen) atoms. The second-order valence-corrected chi connectivity index (χ2v) is 1.73. The van der Waals surface area contributed by atoms with E-state index in [1.807, 2.05) is 0 Å². The van der Waals surface area contributed by atoms with Gasteiger partial charge in [0.25, 0.3) is 0 Å². The number of carbonyl (C=O) groups excluding carboxylic acids is 1. The molecule has 0 rings (SSSR count). The van der Waals surface area contributed by atoms with Gasteiger partial charge in [0.05, 0.1) is 0 Å². The van der Waals surface area contributed by atoms with E-state index in [2.05, 4.69) is 11.5 Å². The van der Waals surface area contributed by atoms with Crippen LogP contribution in [0.4, 0.5) is 13.2 Å².